The molecule has 1 N–H and O–H groups in total. The van der Waals surface area contributed by atoms with Gasteiger partial charge in [-0.25, -0.2) is 4.79 Å². The zero-order chi connectivity index (χ0) is 15.7. The second kappa shape index (κ2) is 5.85. The lowest BCUT2D eigenvalue weighted by atomic mass is 9.99. The second-order valence-electron chi connectivity index (χ2n) is 5.95. The van der Waals surface area contributed by atoms with E-state index in [0.29, 0.717) is 32.7 Å². The molecule has 3 fully saturated rings. The molecule has 0 aliphatic carbocycles. The molecule has 3 rings (SSSR count). The summed E-state index contributed by atoms with van der Waals surface area (Å²) in [6.45, 7) is 3.89. The van der Waals surface area contributed by atoms with Gasteiger partial charge in [0.05, 0.1) is 19.3 Å². The van der Waals surface area contributed by atoms with Gasteiger partial charge in [-0.05, 0) is 6.42 Å². The van der Waals surface area contributed by atoms with E-state index in [1.807, 2.05) is 6.92 Å². The molecule has 4 amide bonds. The summed E-state index contributed by atoms with van der Waals surface area (Å²) in [5, 5.41) is 2.67. The van der Waals surface area contributed by atoms with Crippen LogP contribution in [0.5, 0.6) is 0 Å². The Bertz CT molecular complexity index is 489. The molecule has 0 aromatic rings. The van der Waals surface area contributed by atoms with Crippen molar-refractivity contribution < 1.29 is 23.9 Å². The zero-order valence-corrected chi connectivity index (χ0v) is 12.7. The van der Waals surface area contributed by atoms with Gasteiger partial charge in [-0.1, -0.05) is 6.92 Å². The molecule has 3 aliphatic heterocycles. The van der Waals surface area contributed by atoms with Gasteiger partial charge >= 0.3 is 6.03 Å². The molecule has 3 saturated heterocycles. The maximum absolute atomic E-state index is 12.4. The minimum absolute atomic E-state index is 0.0235. The predicted molar refractivity (Wildman–Crippen MR) is 75.0 cm³/mol. The summed E-state index contributed by atoms with van der Waals surface area (Å²) in [4.78, 5) is 39.5. The smallest absolute Gasteiger partial charge is 0.325 e. The lowest BCUT2D eigenvalue weighted by Crippen LogP contribution is -2.51. The number of carbonyl (C=O) groups excluding carboxylic acids is 3. The molecular weight excluding hydrogens is 290 g/mol. The van der Waals surface area contributed by atoms with E-state index in [-0.39, 0.29) is 31.1 Å². The maximum Gasteiger partial charge on any atom is 0.325 e. The molecule has 8 heteroatoms. The molecule has 22 heavy (non-hydrogen) atoms. The van der Waals surface area contributed by atoms with E-state index >= 15 is 0 Å². The molecule has 3 aliphatic rings. The van der Waals surface area contributed by atoms with Crippen molar-refractivity contribution in [2.24, 2.45) is 0 Å². The molecule has 0 radical (unpaired) electrons. The third kappa shape index (κ3) is 2.56. The van der Waals surface area contributed by atoms with Gasteiger partial charge in [0.2, 0.25) is 5.91 Å². The van der Waals surface area contributed by atoms with Crippen LogP contribution in [0.1, 0.15) is 19.8 Å². The van der Waals surface area contributed by atoms with Gasteiger partial charge < -0.3 is 19.7 Å². The Balaban J connectivity index is 1.64. The number of hydrogen-bond donors (Lipinski definition) is 1. The van der Waals surface area contributed by atoms with Crippen molar-refractivity contribution in [2.45, 2.75) is 31.4 Å². The molecule has 0 bridgehead atoms. The topological polar surface area (TPSA) is 88.2 Å². The third-order valence-electron chi connectivity index (χ3n) is 4.51. The number of morpholine rings is 1. The van der Waals surface area contributed by atoms with Crippen LogP contribution >= 0.6 is 0 Å². The normalized spacial score (nSPS) is 32.0. The fourth-order valence-corrected chi connectivity index (χ4v) is 3.08. The highest BCUT2D eigenvalue weighted by molar-refractivity contribution is 6.09. The summed E-state index contributed by atoms with van der Waals surface area (Å²) >= 11 is 0. The van der Waals surface area contributed by atoms with Crippen molar-refractivity contribution in [3.63, 3.8) is 0 Å². The quantitative estimate of drug-likeness (QED) is 0.699. The highest BCUT2D eigenvalue weighted by Crippen LogP contribution is 2.26. The van der Waals surface area contributed by atoms with E-state index in [9.17, 15) is 14.4 Å². The van der Waals surface area contributed by atoms with E-state index in [1.54, 1.807) is 4.90 Å². The monoisotopic (exact) mass is 311 g/mol. The van der Waals surface area contributed by atoms with Crippen LogP contribution in [0.25, 0.3) is 0 Å². The minimum Gasteiger partial charge on any atom is -0.378 e. The van der Waals surface area contributed by atoms with Crippen molar-refractivity contribution in [1.82, 2.24) is 15.1 Å². The Morgan fingerprint density at radius 1 is 1.41 bits per heavy atom. The first kappa shape index (κ1) is 15.2. The molecule has 1 spiro atoms. The number of imide groups is 1. The van der Waals surface area contributed by atoms with Gasteiger partial charge in [0.1, 0.15) is 12.1 Å². The first-order valence-corrected chi connectivity index (χ1v) is 7.67. The fourth-order valence-electron chi connectivity index (χ4n) is 3.08. The Hall–Kier alpha value is -1.67. The highest BCUT2D eigenvalue weighted by Gasteiger charge is 2.54. The SMILES string of the molecule is CC[C@@H]1CN(C(=O)CN2C(=O)N[C@@]3(CCOC3)C2=O)CCO1. The standard InChI is InChI=1S/C14H21N3O5/c1-2-10-7-16(4-6-22-10)11(18)8-17-12(19)14(15-13(17)20)3-5-21-9-14/h10H,2-9H2,1H3,(H,15,20)/t10-,14-/m1/s1. The zero-order valence-electron chi connectivity index (χ0n) is 12.7. The van der Waals surface area contributed by atoms with E-state index in [4.69, 9.17) is 9.47 Å². The number of nitrogens with one attached hydrogen (secondary N) is 1. The van der Waals surface area contributed by atoms with Crippen molar-refractivity contribution in [2.75, 3.05) is 39.5 Å². The van der Waals surface area contributed by atoms with Crippen molar-refractivity contribution in [3.8, 4) is 0 Å². The Morgan fingerprint density at radius 3 is 2.91 bits per heavy atom. The van der Waals surface area contributed by atoms with Crippen molar-refractivity contribution in [3.05, 3.63) is 0 Å². The molecule has 0 unspecified atom stereocenters. The van der Waals surface area contributed by atoms with Crippen LogP contribution in [0.2, 0.25) is 0 Å². The van der Waals surface area contributed by atoms with Gasteiger partial charge in [-0.2, -0.15) is 0 Å². The van der Waals surface area contributed by atoms with Gasteiger partial charge in [-0.15, -0.1) is 0 Å². The number of hydrogen-bond acceptors (Lipinski definition) is 5. The van der Waals surface area contributed by atoms with E-state index in [2.05, 4.69) is 5.32 Å². The predicted octanol–water partition coefficient (Wildman–Crippen LogP) is -0.665. The van der Waals surface area contributed by atoms with Crippen molar-refractivity contribution in [1.29, 1.82) is 0 Å². The average Bonchev–Trinajstić information content (AvgIpc) is 3.08. The van der Waals surface area contributed by atoms with Gasteiger partial charge in [0.15, 0.2) is 0 Å². The number of rotatable bonds is 3. The molecule has 0 saturated carbocycles. The summed E-state index contributed by atoms with van der Waals surface area (Å²) in [5.74, 6) is -0.579. The van der Waals surface area contributed by atoms with Crippen LogP contribution in [0, 0.1) is 0 Å². The average molecular weight is 311 g/mol. The highest BCUT2D eigenvalue weighted by atomic mass is 16.5. The van der Waals surface area contributed by atoms with Gasteiger partial charge in [0.25, 0.3) is 5.91 Å². The summed E-state index contributed by atoms with van der Waals surface area (Å²) in [5.41, 5.74) is -0.964. The number of carbonyl (C=O) groups is 3. The van der Waals surface area contributed by atoms with Crippen LogP contribution < -0.4 is 5.32 Å². The number of nitrogens with zero attached hydrogens (tertiary/aromatic N) is 2. The molecule has 0 aromatic heterocycles. The first-order valence-electron chi connectivity index (χ1n) is 7.67. The Morgan fingerprint density at radius 2 is 2.23 bits per heavy atom. The largest absolute Gasteiger partial charge is 0.378 e. The lowest BCUT2D eigenvalue weighted by molar-refractivity contribution is -0.143. The molecule has 122 valence electrons. The Kier molecular flexibility index (Phi) is 4.05. The van der Waals surface area contributed by atoms with Crippen LogP contribution in [0.3, 0.4) is 0 Å². The van der Waals surface area contributed by atoms with Gasteiger partial charge in [-0.3, -0.25) is 14.5 Å². The van der Waals surface area contributed by atoms with E-state index in [0.717, 1.165) is 11.3 Å². The molecular formula is C14H21N3O5. The summed E-state index contributed by atoms with van der Waals surface area (Å²) < 4.78 is 10.8. The number of ether oxygens (including phenoxy) is 2. The maximum atomic E-state index is 12.4. The van der Waals surface area contributed by atoms with Gasteiger partial charge in [0, 0.05) is 26.1 Å². The molecule has 2 atom stereocenters. The summed E-state index contributed by atoms with van der Waals surface area (Å²) in [6.07, 6.45) is 1.31. The first-order chi connectivity index (χ1) is 10.6. The number of urea groups is 1. The van der Waals surface area contributed by atoms with Crippen LogP contribution in [-0.4, -0.2) is 78.7 Å². The molecule has 3 heterocycles. The summed E-state index contributed by atoms with van der Waals surface area (Å²) in [7, 11) is 0. The van der Waals surface area contributed by atoms with Crippen LogP contribution in [-0.2, 0) is 19.1 Å². The van der Waals surface area contributed by atoms with Crippen LogP contribution in [0.15, 0.2) is 0 Å². The number of amides is 4. The lowest BCUT2D eigenvalue weighted by Gasteiger charge is -2.33. The summed E-state index contributed by atoms with van der Waals surface area (Å²) in [6, 6.07) is -0.510. The van der Waals surface area contributed by atoms with Crippen LogP contribution in [0.4, 0.5) is 4.79 Å². The fraction of sp³-hybridized carbons (Fsp3) is 0.786. The minimum atomic E-state index is -0.964. The van der Waals surface area contributed by atoms with E-state index < -0.39 is 11.6 Å². The molecule has 8 nitrogen and oxygen atoms in total. The van der Waals surface area contributed by atoms with Crippen molar-refractivity contribution >= 4 is 17.8 Å². The Labute approximate surface area is 128 Å². The third-order valence-corrected chi connectivity index (χ3v) is 4.51. The second-order valence-corrected chi connectivity index (χ2v) is 5.95. The van der Waals surface area contributed by atoms with E-state index in [1.165, 1.54) is 0 Å². The molecule has 0 aromatic carbocycles.